The van der Waals surface area contributed by atoms with Crippen LogP contribution in [0.1, 0.15) is 0 Å². The molecule has 0 atom stereocenters. The lowest BCUT2D eigenvalue weighted by atomic mass is 9.95. The molecule has 0 saturated carbocycles. The van der Waals surface area contributed by atoms with Gasteiger partial charge in [0.25, 0.3) is 0 Å². The first-order valence-electron chi connectivity index (χ1n) is 20.2. The number of anilines is 3. The summed E-state index contributed by atoms with van der Waals surface area (Å²) >= 11 is 0. The summed E-state index contributed by atoms with van der Waals surface area (Å²) in [5.74, 6) is 0. The smallest absolute Gasteiger partial charge is 0.136 e. The van der Waals surface area contributed by atoms with E-state index in [4.69, 9.17) is 4.42 Å². The average molecular weight is 753 g/mol. The van der Waals surface area contributed by atoms with E-state index in [-0.39, 0.29) is 0 Å². The zero-order valence-electron chi connectivity index (χ0n) is 32.1. The van der Waals surface area contributed by atoms with E-state index < -0.39 is 0 Å². The summed E-state index contributed by atoms with van der Waals surface area (Å²) in [5, 5.41) is 9.72. The number of fused-ring (bicyclic) bond motifs is 9. The second-order valence-corrected chi connectivity index (χ2v) is 15.3. The van der Waals surface area contributed by atoms with Gasteiger partial charge in [0, 0.05) is 44.0 Å². The second-order valence-electron chi connectivity index (χ2n) is 15.3. The van der Waals surface area contributed by atoms with Gasteiger partial charge in [-0.05, 0) is 99.4 Å². The first-order valence-corrected chi connectivity index (χ1v) is 20.2. The first-order chi connectivity index (χ1) is 29.3. The maximum absolute atomic E-state index is 6.43. The molecule has 0 spiro atoms. The fourth-order valence-electron chi connectivity index (χ4n) is 9.28. The Balaban J connectivity index is 1.09. The lowest BCUT2D eigenvalue weighted by Gasteiger charge is -2.30. The van der Waals surface area contributed by atoms with Crippen molar-refractivity contribution in [3.8, 4) is 27.9 Å². The Hall–Kier alpha value is -7.88. The molecule has 12 rings (SSSR count). The van der Waals surface area contributed by atoms with Gasteiger partial charge < -0.3 is 13.9 Å². The molecule has 59 heavy (non-hydrogen) atoms. The number of benzene rings is 10. The molecule has 12 aromatic rings. The molecule has 276 valence electrons. The molecule has 10 aromatic carbocycles. The van der Waals surface area contributed by atoms with Crippen molar-refractivity contribution in [3.05, 3.63) is 218 Å². The number of hydrogen-bond donors (Lipinski definition) is 0. The van der Waals surface area contributed by atoms with Crippen molar-refractivity contribution >= 4 is 82.4 Å². The molecule has 0 aliphatic heterocycles. The Labute approximate surface area is 341 Å². The number of hydrogen-bond acceptors (Lipinski definition) is 2. The van der Waals surface area contributed by atoms with E-state index in [0.717, 1.165) is 66.9 Å². The summed E-state index contributed by atoms with van der Waals surface area (Å²) in [6, 6.07) is 78.9. The quantitative estimate of drug-likeness (QED) is 0.158. The lowest BCUT2D eigenvalue weighted by molar-refractivity contribution is 0.669. The van der Waals surface area contributed by atoms with Crippen LogP contribution in [0.15, 0.2) is 223 Å². The Kier molecular flexibility index (Phi) is 7.54. The van der Waals surface area contributed by atoms with E-state index in [2.05, 4.69) is 216 Å². The van der Waals surface area contributed by atoms with Gasteiger partial charge in [-0.25, -0.2) is 0 Å². The number of aromatic nitrogens is 1. The summed E-state index contributed by atoms with van der Waals surface area (Å²) < 4.78 is 8.83. The van der Waals surface area contributed by atoms with Crippen molar-refractivity contribution < 1.29 is 4.42 Å². The van der Waals surface area contributed by atoms with Crippen molar-refractivity contribution in [1.82, 2.24) is 4.57 Å². The van der Waals surface area contributed by atoms with Crippen LogP contribution in [0.3, 0.4) is 0 Å². The molecule has 0 unspecified atom stereocenters. The summed E-state index contributed by atoms with van der Waals surface area (Å²) in [6.07, 6.45) is 0. The third-order valence-corrected chi connectivity index (χ3v) is 12.0. The molecule has 0 aliphatic rings. The van der Waals surface area contributed by atoms with Gasteiger partial charge in [0.2, 0.25) is 0 Å². The maximum atomic E-state index is 6.43. The topological polar surface area (TPSA) is 21.3 Å². The van der Waals surface area contributed by atoms with Gasteiger partial charge in [0.1, 0.15) is 11.2 Å². The van der Waals surface area contributed by atoms with Crippen molar-refractivity contribution in [1.29, 1.82) is 0 Å². The van der Waals surface area contributed by atoms with Gasteiger partial charge in [-0.3, -0.25) is 0 Å². The van der Waals surface area contributed by atoms with E-state index in [1.807, 2.05) is 12.1 Å². The van der Waals surface area contributed by atoms with Crippen LogP contribution in [0, 0.1) is 0 Å². The second kappa shape index (κ2) is 13.4. The zero-order valence-corrected chi connectivity index (χ0v) is 32.1. The number of rotatable bonds is 6. The van der Waals surface area contributed by atoms with Gasteiger partial charge in [0.15, 0.2) is 0 Å². The van der Waals surface area contributed by atoms with Gasteiger partial charge in [-0.1, -0.05) is 152 Å². The Morgan fingerprint density at radius 1 is 0.339 bits per heavy atom. The highest BCUT2D eigenvalue weighted by Crippen LogP contribution is 2.46. The fraction of sp³-hybridized carbons (Fsp3) is 0. The zero-order chi connectivity index (χ0) is 38.9. The molecule has 3 nitrogen and oxygen atoms in total. The van der Waals surface area contributed by atoms with Crippen LogP contribution in [0.4, 0.5) is 17.1 Å². The summed E-state index contributed by atoms with van der Waals surface area (Å²) in [5.41, 5.74) is 13.0. The Bertz CT molecular complexity index is 3540. The maximum Gasteiger partial charge on any atom is 0.136 e. The molecule has 0 amide bonds. The van der Waals surface area contributed by atoms with Crippen molar-refractivity contribution in [3.63, 3.8) is 0 Å². The highest BCUT2D eigenvalue weighted by atomic mass is 16.3. The minimum atomic E-state index is 0.877. The third-order valence-electron chi connectivity index (χ3n) is 12.0. The van der Waals surface area contributed by atoms with Crippen LogP contribution in [0.25, 0.3) is 93.2 Å². The Morgan fingerprint density at radius 3 is 1.63 bits per heavy atom. The van der Waals surface area contributed by atoms with Crippen LogP contribution >= 0.6 is 0 Å². The van der Waals surface area contributed by atoms with Gasteiger partial charge in [-0.2, -0.15) is 0 Å². The van der Waals surface area contributed by atoms with Gasteiger partial charge in [-0.15, -0.1) is 0 Å². The molecule has 0 N–H and O–H groups in total. The van der Waals surface area contributed by atoms with Gasteiger partial charge >= 0.3 is 0 Å². The number of nitrogens with zero attached hydrogens (tertiary/aromatic N) is 2. The summed E-state index contributed by atoms with van der Waals surface area (Å²) in [4.78, 5) is 2.44. The molecule has 2 heterocycles. The van der Waals surface area contributed by atoms with Crippen LogP contribution in [0.5, 0.6) is 0 Å². The van der Waals surface area contributed by atoms with Crippen LogP contribution in [-0.4, -0.2) is 4.57 Å². The van der Waals surface area contributed by atoms with Crippen LogP contribution < -0.4 is 4.90 Å². The molecule has 0 bridgehead atoms. The van der Waals surface area contributed by atoms with Gasteiger partial charge in [0.05, 0.1) is 22.4 Å². The Morgan fingerprint density at radius 2 is 0.881 bits per heavy atom. The minimum Gasteiger partial charge on any atom is -0.456 e. The molecule has 0 fully saturated rings. The molecular weight excluding hydrogens is 717 g/mol. The molecule has 0 radical (unpaired) electrons. The van der Waals surface area contributed by atoms with E-state index in [0.29, 0.717) is 0 Å². The van der Waals surface area contributed by atoms with Crippen molar-refractivity contribution in [2.75, 3.05) is 4.90 Å². The number of para-hydroxylation sites is 5. The summed E-state index contributed by atoms with van der Waals surface area (Å²) in [7, 11) is 0. The predicted octanol–water partition coefficient (Wildman–Crippen LogP) is 15.8. The fourth-order valence-corrected chi connectivity index (χ4v) is 9.28. The molecule has 3 heteroatoms. The van der Waals surface area contributed by atoms with Crippen molar-refractivity contribution in [2.45, 2.75) is 0 Å². The average Bonchev–Trinajstić information content (AvgIpc) is 3.85. The normalized spacial score (nSPS) is 11.7. The van der Waals surface area contributed by atoms with Crippen LogP contribution in [0.2, 0.25) is 0 Å². The van der Waals surface area contributed by atoms with E-state index >= 15 is 0 Å². The minimum absolute atomic E-state index is 0.877. The van der Waals surface area contributed by atoms with E-state index in [1.54, 1.807) is 0 Å². The predicted molar refractivity (Wildman–Crippen MR) is 249 cm³/mol. The monoisotopic (exact) mass is 752 g/mol. The van der Waals surface area contributed by atoms with E-state index in [9.17, 15) is 0 Å². The van der Waals surface area contributed by atoms with Crippen molar-refractivity contribution in [2.24, 2.45) is 0 Å². The number of furan rings is 1. The van der Waals surface area contributed by atoms with E-state index in [1.165, 1.54) is 43.4 Å². The molecule has 0 aliphatic carbocycles. The van der Waals surface area contributed by atoms with Crippen LogP contribution in [-0.2, 0) is 0 Å². The lowest BCUT2D eigenvalue weighted by Crippen LogP contribution is -2.13. The molecule has 0 saturated heterocycles. The molecular formula is C56H36N2O. The third kappa shape index (κ3) is 5.36. The standard InChI is InChI=1S/C56H36N2O/c1-2-17-43-37(14-1)28-29-38-34-39(30-32-44(38)43)45-18-3-8-23-51(45)57(41-15-13-16-42(36-41)58-53-25-10-5-20-47(53)48-21-6-11-26-54(48)58)52-24-9-4-19-46(52)40-31-33-50-49-22-7-12-27-55(49)59-56(50)35-40/h1-36H. The molecule has 2 aromatic heterocycles. The summed E-state index contributed by atoms with van der Waals surface area (Å²) in [6.45, 7) is 0. The first kappa shape index (κ1) is 33.3. The largest absolute Gasteiger partial charge is 0.456 e. The highest BCUT2D eigenvalue weighted by Gasteiger charge is 2.22. The SMILES string of the molecule is c1cc(N(c2ccccc2-c2ccc3c(ccc4ccccc43)c2)c2ccccc2-c2ccc3c(c2)oc2ccccc23)cc(-n2c3ccccc3c3ccccc32)c1. The highest BCUT2D eigenvalue weighted by molar-refractivity contribution is 6.11.